The molecular weight excluding hydrogens is 240 g/mol. The molecule has 0 unspecified atom stereocenters. The minimum Gasteiger partial charge on any atom is -0.503 e. The van der Waals surface area contributed by atoms with Gasteiger partial charge in [0.15, 0.2) is 5.75 Å². The number of hydrogen-bond donors (Lipinski definition) is 1. The fourth-order valence-corrected chi connectivity index (χ4v) is 2.65. The van der Waals surface area contributed by atoms with Crippen molar-refractivity contribution in [2.24, 2.45) is 0 Å². The molecule has 1 fully saturated rings. The average Bonchev–Trinajstić information content (AvgIpc) is 2.88. The van der Waals surface area contributed by atoms with E-state index in [1.54, 1.807) is 12.3 Å². The Morgan fingerprint density at radius 2 is 2.00 bits per heavy atom. The minimum atomic E-state index is -0.263. The van der Waals surface area contributed by atoms with Crippen molar-refractivity contribution >= 4 is 0 Å². The third-order valence-electron chi connectivity index (χ3n) is 3.78. The maximum absolute atomic E-state index is 11.6. The van der Waals surface area contributed by atoms with Gasteiger partial charge in [0.1, 0.15) is 0 Å². The number of aromatic hydroxyl groups is 1. The lowest BCUT2D eigenvalue weighted by Crippen LogP contribution is -2.23. The summed E-state index contributed by atoms with van der Waals surface area (Å²) in [6.07, 6.45) is 7.54. The minimum absolute atomic E-state index is 0.137. The summed E-state index contributed by atoms with van der Waals surface area (Å²) in [6.45, 7) is 6.11. The highest BCUT2D eigenvalue weighted by molar-refractivity contribution is 5.20. The van der Waals surface area contributed by atoms with E-state index in [1.165, 1.54) is 25.7 Å². The summed E-state index contributed by atoms with van der Waals surface area (Å²) in [5.74, 6) is -0.137. The number of pyridine rings is 1. The van der Waals surface area contributed by atoms with Gasteiger partial charge in [-0.25, -0.2) is 0 Å². The van der Waals surface area contributed by atoms with Crippen molar-refractivity contribution in [1.29, 1.82) is 0 Å². The quantitative estimate of drug-likeness (QED) is 0.802. The Hall–Kier alpha value is -1.29. The lowest BCUT2D eigenvalue weighted by Gasteiger charge is -2.19. The van der Waals surface area contributed by atoms with Gasteiger partial charge in [-0.05, 0) is 32.4 Å². The number of likely N-dealkylation sites (tertiary alicyclic amines) is 1. The van der Waals surface area contributed by atoms with Crippen LogP contribution in [0.4, 0.5) is 0 Å². The van der Waals surface area contributed by atoms with E-state index < -0.39 is 0 Å². The highest BCUT2D eigenvalue weighted by Gasteiger charge is 2.14. The first-order valence-corrected chi connectivity index (χ1v) is 7.35. The van der Waals surface area contributed by atoms with E-state index in [1.807, 2.05) is 4.57 Å². The first-order valence-electron chi connectivity index (χ1n) is 7.35. The van der Waals surface area contributed by atoms with Crippen LogP contribution >= 0.6 is 0 Å². The molecule has 2 rings (SSSR count). The molecule has 1 N–H and O–H groups in total. The molecule has 0 atom stereocenters. The summed E-state index contributed by atoms with van der Waals surface area (Å²) in [6, 6.07) is 1.60. The molecule has 1 aliphatic rings. The first kappa shape index (κ1) is 14.1. The highest BCUT2D eigenvalue weighted by atomic mass is 16.3. The predicted molar refractivity (Wildman–Crippen MR) is 76.4 cm³/mol. The normalized spacial score (nSPS) is 16.1. The van der Waals surface area contributed by atoms with Crippen LogP contribution in [0.25, 0.3) is 0 Å². The smallest absolute Gasteiger partial charge is 0.223 e. The molecule has 0 saturated carbocycles. The van der Waals surface area contributed by atoms with E-state index in [9.17, 15) is 9.90 Å². The number of aromatic nitrogens is 1. The lowest BCUT2D eigenvalue weighted by atomic mass is 10.2. The first-order chi connectivity index (χ1) is 9.20. The molecule has 0 aromatic carbocycles. The predicted octanol–water partition coefficient (Wildman–Crippen LogP) is 2.34. The third-order valence-corrected chi connectivity index (χ3v) is 3.78. The Morgan fingerprint density at radius 1 is 1.26 bits per heavy atom. The van der Waals surface area contributed by atoms with Gasteiger partial charge in [-0.1, -0.05) is 19.8 Å². The van der Waals surface area contributed by atoms with Gasteiger partial charge in [0.05, 0.1) is 6.20 Å². The maximum atomic E-state index is 11.6. The van der Waals surface area contributed by atoms with Gasteiger partial charge >= 0.3 is 0 Å². The number of unbranched alkanes of at least 4 members (excludes halogenated alkanes) is 2. The Morgan fingerprint density at radius 3 is 2.68 bits per heavy atom. The summed E-state index contributed by atoms with van der Waals surface area (Å²) < 4.78 is 2.05. The Bertz CT molecular complexity index is 462. The van der Waals surface area contributed by atoms with Gasteiger partial charge < -0.3 is 9.67 Å². The van der Waals surface area contributed by atoms with Crippen LogP contribution in [0, 0.1) is 0 Å². The van der Waals surface area contributed by atoms with Gasteiger partial charge in [-0.15, -0.1) is 0 Å². The van der Waals surface area contributed by atoms with Crippen LogP contribution < -0.4 is 5.43 Å². The second kappa shape index (κ2) is 6.75. The summed E-state index contributed by atoms with van der Waals surface area (Å²) in [5.41, 5.74) is 0.766. The van der Waals surface area contributed by atoms with Gasteiger partial charge in [0.2, 0.25) is 5.43 Å². The van der Waals surface area contributed by atoms with Crippen LogP contribution in [0.15, 0.2) is 17.1 Å². The third kappa shape index (κ3) is 3.83. The van der Waals surface area contributed by atoms with Crippen molar-refractivity contribution in [3.8, 4) is 5.75 Å². The van der Waals surface area contributed by atoms with Crippen molar-refractivity contribution in [3.05, 3.63) is 28.2 Å². The SMILES string of the molecule is CCCCCn1cc(O)c(=O)cc1CN1CCCC1. The van der Waals surface area contributed by atoms with Gasteiger partial charge in [0, 0.05) is 24.8 Å². The molecule has 0 bridgehead atoms. The van der Waals surface area contributed by atoms with Crippen molar-refractivity contribution in [1.82, 2.24) is 9.47 Å². The average molecular weight is 264 g/mol. The monoisotopic (exact) mass is 264 g/mol. The molecule has 2 heterocycles. The fraction of sp³-hybridized carbons (Fsp3) is 0.667. The summed E-state index contributed by atoms with van der Waals surface area (Å²) >= 11 is 0. The molecule has 1 aliphatic heterocycles. The molecule has 1 aromatic heterocycles. The lowest BCUT2D eigenvalue weighted by molar-refractivity contribution is 0.318. The Balaban J connectivity index is 2.13. The molecule has 1 saturated heterocycles. The van der Waals surface area contributed by atoms with Crippen LogP contribution in [0.1, 0.15) is 44.7 Å². The van der Waals surface area contributed by atoms with Crippen LogP contribution in [-0.4, -0.2) is 27.7 Å². The largest absolute Gasteiger partial charge is 0.503 e. The van der Waals surface area contributed by atoms with Crippen LogP contribution in [0.5, 0.6) is 5.75 Å². The van der Waals surface area contributed by atoms with E-state index in [2.05, 4.69) is 11.8 Å². The standard InChI is InChI=1S/C15H24N2O2/c1-2-3-4-9-17-12-15(19)14(18)10-13(17)11-16-7-5-6-8-16/h10,12,19H,2-9,11H2,1H3. The summed E-state index contributed by atoms with van der Waals surface area (Å²) in [7, 11) is 0. The van der Waals surface area contributed by atoms with Crippen LogP contribution in [0.3, 0.4) is 0 Å². The fourth-order valence-electron chi connectivity index (χ4n) is 2.65. The molecule has 0 spiro atoms. The van der Waals surface area contributed by atoms with Gasteiger partial charge in [0.25, 0.3) is 0 Å². The molecule has 0 radical (unpaired) electrons. The zero-order valence-electron chi connectivity index (χ0n) is 11.8. The molecular formula is C15H24N2O2. The van der Waals surface area contributed by atoms with Crippen LogP contribution in [-0.2, 0) is 13.1 Å². The van der Waals surface area contributed by atoms with E-state index in [-0.39, 0.29) is 11.2 Å². The van der Waals surface area contributed by atoms with E-state index in [4.69, 9.17) is 0 Å². The molecule has 0 aliphatic carbocycles. The molecule has 106 valence electrons. The number of rotatable bonds is 6. The number of nitrogens with zero attached hydrogens (tertiary/aromatic N) is 2. The van der Waals surface area contributed by atoms with Gasteiger partial charge in [-0.3, -0.25) is 9.69 Å². The van der Waals surface area contributed by atoms with Crippen LogP contribution in [0.2, 0.25) is 0 Å². The number of hydrogen-bond acceptors (Lipinski definition) is 3. The van der Waals surface area contributed by atoms with E-state index >= 15 is 0 Å². The molecule has 0 amide bonds. The molecule has 1 aromatic rings. The Kier molecular flexibility index (Phi) is 5.02. The summed E-state index contributed by atoms with van der Waals surface area (Å²) in [5, 5.41) is 9.59. The molecule has 19 heavy (non-hydrogen) atoms. The number of aryl methyl sites for hydroxylation is 1. The van der Waals surface area contributed by atoms with Crippen molar-refractivity contribution < 1.29 is 5.11 Å². The highest BCUT2D eigenvalue weighted by Crippen LogP contribution is 2.14. The summed E-state index contributed by atoms with van der Waals surface area (Å²) in [4.78, 5) is 14.0. The Labute approximate surface area is 114 Å². The zero-order chi connectivity index (χ0) is 13.7. The second-order valence-corrected chi connectivity index (χ2v) is 5.40. The van der Waals surface area contributed by atoms with E-state index in [0.29, 0.717) is 0 Å². The van der Waals surface area contributed by atoms with Crippen molar-refractivity contribution in [2.75, 3.05) is 13.1 Å². The maximum Gasteiger partial charge on any atom is 0.223 e. The molecule has 4 heteroatoms. The molecule has 4 nitrogen and oxygen atoms in total. The second-order valence-electron chi connectivity index (χ2n) is 5.40. The topological polar surface area (TPSA) is 45.5 Å². The van der Waals surface area contributed by atoms with Crippen molar-refractivity contribution in [3.63, 3.8) is 0 Å². The van der Waals surface area contributed by atoms with E-state index in [0.717, 1.165) is 38.3 Å². The zero-order valence-corrected chi connectivity index (χ0v) is 11.8. The van der Waals surface area contributed by atoms with Gasteiger partial charge in [-0.2, -0.15) is 0 Å². The van der Waals surface area contributed by atoms with Crippen molar-refractivity contribution in [2.45, 2.75) is 52.1 Å².